The number of carbonyl (C=O) groups is 1. The number of hydrogen-bond donors (Lipinski definition) is 2. The minimum absolute atomic E-state index is 0.221. The van der Waals surface area contributed by atoms with Crippen LogP contribution in [0.3, 0.4) is 0 Å². The minimum atomic E-state index is -0.678. The van der Waals surface area contributed by atoms with Gasteiger partial charge in [0.25, 0.3) is 0 Å². The van der Waals surface area contributed by atoms with Gasteiger partial charge in [-0.15, -0.1) is 0 Å². The summed E-state index contributed by atoms with van der Waals surface area (Å²) in [6, 6.07) is 0. The van der Waals surface area contributed by atoms with Crippen LogP contribution in [0.15, 0.2) is 24.3 Å². The van der Waals surface area contributed by atoms with E-state index < -0.39 is 12.2 Å². The van der Waals surface area contributed by atoms with E-state index in [2.05, 4.69) is 11.9 Å². The lowest BCUT2D eigenvalue weighted by Gasteiger charge is -2.12. The molecule has 1 atom stereocenters. The van der Waals surface area contributed by atoms with E-state index in [4.69, 9.17) is 4.74 Å². The molecule has 0 radical (unpaired) electrons. The van der Waals surface area contributed by atoms with Gasteiger partial charge in [0.2, 0.25) is 0 Å². The number of rotatable bonds is 6. The van der Waals surface area contributed by atoms with Gasteiger partial charge in [-0.3, -0.25) is 5.32 Å². The summed E-state index contributed by atoms with van der Waals surface area (Å²) in [4.78, 5) is 10.6. The van der Waals surface area contributed by atoms with Crippen LogP contribution >= 0.6 is 0 Å². The second-order valence-electron chi connectivity index (χ2n) is 2.76. The highest BCUT2D eigenvalue weighted by Gasteiger charge is 2.03. The molecule has 0 spiro atoms. The maximum absolute atomic E-state index is 10.6. The molecule has 0 rings (SSSR count). The number of ether oxygens (including phenoxy) is 1. The number of allylic oxidation sites excluding steroid dienone is 1. The molecule has 14 heavy (non-hydrogen) atoms. The summed E-state index contributed by atoms with van der Waals surface area (Å²) in [5, 5.41) is 12.2. The highest BCUT2D eigenvalue weighted by atomic mass is 16.5. The quantitative estimate of drug-likeness (QED) is 0.216. The van der Waals surface area contributed by atoms with Gasteiger partial charge < -0.3 is 9.84 Å². The molecule has 0 aliphatic heterocycles. The zero-order valence-corrected chi connectivity index (χ0v) is 8.62. The van der Waals surface area contributed by atoms with Gasteiger partial charge in [-0.2, -0.15) is 0 Å². The lowest BCUT2D eigenvalue weighted by Crippen LogP contribution is -2.32. The molecule has 0 heterocycles. The SMILES string of the molecule is C=CC(=O)OCCNC(O)C(C)=CC. The summed E-state index contributed by atoms with van der Waals surface area (Å²) in [6.07, 6.45) is 2.24. The molecule has 0 amide bonds. The van der Waals surface area contributed by atoms with Gasteiger partial charge in [-0.1, -0.05) is 12.7 Å². The van der Waals surface area contributed by atoms with Gasteiger partial charge in [0, 0.05) is 12.6 Å². The first-order valence-corrected chi connectivity index (χ1v) is 4.45. The Bertz CT molecular complexity index is 223. The van der Waals surface area contributed by atoms with Gasteiger partial charge in [-0.25, -0.2) is 4.79 Å². The Labute approximate surface area is 84.3 Å². The van der Waals surface area contributed by atoms with Crippen molar-refractivity contribution < 1.29 is 14.6 Å². The van der Waals surface area contributed by atoms with Crippen LogP contribution in [0.2, 0.25) is 0 Å². The molecule has 0 aromatic carbocycles. The van der Waals surface area contributed by atoms with Gasteiger partial charge in [0.1, 0.15) is 12.8 Å². The standard InChI is InChI=1S/C10H17NO3/c1-4-8(3)10(13)11-6-7-14-9(12)5-2/h4-5,10-11,13H,2,6-7H2,1,3H3. The summed E-state index contributed by atoms with van der Waals surface area (Å²) >= 11 is 0. The Balaban J connectivity index is 3.55. The number of hydrogen-bond acceptors (Lipinski definition) is 4. The second kappa shape index (κ2) is 7.29. The predicted octanol–water partition coefficient (Wildman–Crippen LogP) is 0.590. The van der Waals surface area contributed by atoms with Crippen molar-refractivity contribution in [3.63, 3.8) is 0 Å². The Morgan fingerprint density at radius 1 is 1.71 bits per heavy atom. The van der Waals surface area contributed by atoms with E-state index in [1.807, 2.05) is 19.9 Å². The van der Waals surface area contributed by atoms with Gasteiger partial charge >= 0.3 is 5.97 Å². The normalized spacial score (nSPS) is 13.5. The Morgan fingerprint density at radius 3 is 2.86 bits per heavy atom. The zero-order valence-electron chi connectivity index (χ0n) is 8.62. The third kappa shape index (κ3) is 5.50. The van der Waals surface area contributed by atoms with E-state index in [0.717, 1.165) is 11.6 Å². The Kier molecular flexibility index (Phi) is 6.70. The van der Waals surface area contributed by atoms with Crippen LogP contribution in [0.4, 0.5) is 0 Å². The number of nitrogens with one attached hydrogen (secondary N) is 1. The molecule has 0 fully saturated rings. The summed E-state index contributed by atoms with van der Waals surface area (Å²) in [5.74, 6) is -0.455. The first kappa shape index (κ1) is 12.9. The van der Waals surface area contributed by atoms with Crippen molar-refractivity contribution in [2.45, 2.75) is 20.1 Å². The molecule has 1 unspecified atom stereocenters. The molecule has 80 valence electrons. The average molecular weight is 199 g/mol. The van der Waals surface area contributed by atoms with Crippen molar-refractivity contribution >= 4 is 5.97 Å². The summed E-state index contributed by atoms with van der Waals surface area (Å²) in [6.45, 7) is 7.55. The molecule has 2 N–H and O–H groups in total. The van der Waals surface area contributed by atoms with Gasteiger partial charge in [0.05, 0.1) is 0 Å². The van der Waals surface area contributed by atoms with Crippen LogP contribution in [0.5, 0.6) is 0 Å². The largest absolute Gasteiger partial charge is 0.461 e. The van der Waals surface area contributed by atoms with Crippen molar-refractivity contribution in [1.29, 1.82) is 0 Å². The van der Waals surface area contributed by atoms with E-state index in [1.54, 1.807) is 0 Å². The number of esters is 1. The molecular formula is C10H17NO3. The molecule has 4 heteroatoms. The van der Waals surface area contributed by atoms with Crippen LogP contribution in [-0.2, 0) is 9.53 Å². The van der Waals surface area contributed by atoms with Crippen LogP contribution in [0.25, 0.3) is 0 Å². The van der Waals surface area contributed by atoms with Crippen molar-refractivity contribution in [3.8, 4) is 0 Å². The molecule has 0 aromatic heterocycles. The van der Waals surface area contributed by atoms with Crippen LogP contribution < -0.4 is 5.32 Å². The smallest absolute Gasteiger partial charge is 0.330 e. The highest BCUT2D eigenvalue weighted by molar-refractivity contribution is 5.81. The molecular weight excluding hydrogens is 182 g/mol. The maximum atomic E-state index is 10.6. The maximum Gasteiger partial charge on any atom is 0.330 e. The second-order valence-corrected chi connectivity index (χ2v) is 2.76. The molecule has 0 aliphatic rings. The van der Waals surface area contributed by atoms with Crippen molar-refractivity contribution in [3.05, 3.63) is 24.3 Å². The van der Waals surface area contributed by atoms with E-state index in [1.165, 1.54) is 0 Å². The molecule has 0 saturated carbocycles. The number of aliphatic hydroxyl groups is 1. The third-order valence-corrected chi connectivity index (χ3v) is 1.74. The fraction of sp³-hybridized carbons (Fsp3) is 0.500. The fourth-order valence-electron chi connectivity index (χ4n) is 0.725. The van der Waals surface area contributed by atoms with Crippen LogP contribution in [0.1, 0.15) is 13.8 Å². The lowest BCUT2D eigenvalue weighted by molar-refractivity contribution is -0.137. The third-order valence-electron chi connectivity index (χ3n) is 1.74. The highest BCUT2D eigenvalue weighted by Crippen LogP contribution is 1.95. The fourth-order valence-corrected chi connectivity index (χ4v) is 0.725. The van der Waals surface area contributed by atoms with Gasteiger partial charge in [-0.05, 0) is 19.4 Å². The minimum Gasteiger partial charge on any atom is -0.461 e. The summed E-state index contributed by atoms with van der Waals surface area (Å²) in [5.41, 5.74) is 0.833. The van der Waals surface area contributed by atoms with E-state index in [0.29, 0.717) is 6.54 Å². The Hall–Kier alpha value is -1.13. The van der Waals surface area contributed by atoms with E-state index >= 15 is 0 Å². The van der Waals surface area contributed by atoms with Gasteiger partial charge in [0.15, 0.2) is 0 Å². The summed E-state index contributed by atoms with van der Waals surface area (Å²) < 4.78 is 4.70. The van der Waals surface area contributed by atoms with Crippen LogP contribution in [0, 0.1) is 0 Å². The van der Waals surface area contributed by atoms with E-state index in [-0.39, 0.29) is 6.61 Å². The van der Waals surface area contributed by atoms with Crippen LogP contribution in [-0.4, -0.2) is 30.5 Å². The lowest BCUT2D eigenvalue weighted by atomic mass is 10.2. The molecule has 4 nitrogen and oxygen atoms in total. The molecule has 0 aromatic rings. The summed E-state index contributed by atoms with van der Waals surface area (Å²) in [7, 11) is 0. The molecule has 0 bridgehead atoms. The van der Waals surface area contributed by atoms with Crippen molar-refractivity contribution in [2.75, 3.05) is 13.2 Å². The average Bonchev–Trinajstić information content (AvgIpc) is 2.22. The van der Waals surface area contributed by atoms with Crippen molar-refractivity contribution in [2.24, 2.45) is 0 Å². The van der Waals surface area contributed by atoms with Crippen molar-refractivity contribution in [1.82, 2.24) is 5.32 Å². The molecule has 0 saturated heterocycles. The zero-order chi connectivity index (χ0) is 11.0. The number of aliphatic hydroxyl groups excluding tert-OH is 1. The molecule has 0 aliphatic carbocycles. The predicted molar refractivity (Wildman–Crippen MR) is 54.6 cm³/mol. The number of carbonyl (C=O) groups excluding carboxylic acids is 1. The monoisotopic (exact) mass is 199 g/mol. The first-order valence-electron chi connectivity index (χ1n) is 4.45. The first-order chi connectivity index (χ1) is 6.61. The topological polar surface area (TPSA) is 58.6 Å². The Morgan fingerprint density at radius 2 is 2.36 bits per heavy atom. The van der Waals surface area contributed by atoms with E-state index in [9.17, 15) is 9.90 Å².